The van der Waals surface area contributed by atoms with Gasteiger partial charge < -0.3 is 5.32 Å². The highest BCUT2D eigenvalue weighted by Crippen LogP contribution is 2.46. The molecule has 1 fully saturated rings. The minimum Gasteiger partial charge on any atom is -0.369 e. The van der Waals surface area contributed by atoms with E-state index in [1.807, 2.05) is 6.07 Å². The van der Waals surface area contributed by atoms with Gasteiger partial charge in [-0.25, -0.2) is 4.98 Å². The van der Waals surface area contributed by atoms with Crippen LogP contribution in [0.25, 0.3) is 0 Å². The summed E-state index contributed by atoms with van der Waals surface area (Å²) in [6.45, 7) is 0.879. The molecule has 1 N–H and O–H groups in total. The first-order chi connectivity index (χ1) is 7.15. The van der Waals surface area contributed by atoms with E-state index in [9.17, 15) is 0 Å². The zero-order valence-electron chi connectivity index (χ0n) is 8.06. The molecule has 1 heterocycles. The van der Waals surface area contributed by atoms with E-state index in [0.29, 0.717) is 16.3 Å². The molecular formula is C10H11BrCl2N2. The summed E-state index contributed by atoms with van der Waals surface area (Å²) in [5, 5.41) is 3.92. The van der Waals surface area contributed by atoms with Crippen LogP contribution in [0.1, 0.15) is 12.8 Å². The molecule has 1 aromatic heterocycles. The van der Waals surface area contributed by atoms with E-state index in [0.717, 1.165) is 16.8 Å². The molecule has 0 bridgehead atoms. The third-order valence-electron chi connectivity index (χ3n) is 2.68. The summed E-state index contributed by atoms with van der Waals surface area (Å²) in [4.78, 5) is 4.21. The van der Waals surface area contributed by atoms with Gasteiger partial charge in [0.2, 0.25) is 0 Å². The summed E-state index contributed by atoms with van der Waals surface area (Å²) >= 11 is 15.1. The maximum Gasteiger partial charge on any atom is 0.140 e. The number of halogens is 3. The summed E-state index contributed by atoms with van der Waals surface area (Å²) in [5.41, 5.74) is 0.294. The normalized spacial score (nSPS) is 17.5. The third kappa shape index (κ3) is 2.77. The van der Waals surface area contributed by atoms with Gasteiger partial charge in [-0.1, -0.05) is 11.6 Å². The molecule has 0 aliphatic heterocycles. The maximum absolute atomic E-state index is 5.89. The fourth-order valence-corrected chi connectivity index (χ4v) is 2.49. The van der Waals surface area contributed by atoms with Gasteiger partial charge in [0.1, 0.15) is 5.82 Å². The van der Waals surface area contributed by atoms with Crippen LogP contribution in [0.5, 0.6) is 0 Å². The van der Waals surface area contributed by atoms with Crippen LogP contribution in [0.15, 0.2) is 16.7 Å². The van der Waals surface area contributed by atoms with Crippen molar-refractivity contribution in [3.8, 4) is 0 Å². The van der Waals surface area contributed by atoms with Crippen molar-refractivity contribution < 1.29 is 0 Å². The molecule has 15 heavy (non-hydrogen) atoms. The third-order valence-corrected chi connectivity index (χ3v) is 4.06. The van der Waals surface area contributed by atoms with E-state index in [2.05, 4.69) is 26.2 Å². The molecule has 0 radical (unpaired) electrons. The highest BCUT2D eigenvalue weighted by Gasteiger charge is 2.41. The van der Waals surface area contributed by atoms with Crippen molar-refractivity contribution in [2.45, 2.75) is 12.8 Å². The summed E-state index contributed by atoms with van der Waals surface area (Å²) in [6, 6.07) is 1.83. The predicted molar refractivity (Wildman–Crippen MR) is 67.8 cm³/mol. The summed E-state index contributed by atoms with van der Waals surface area (Å²) in [5.74, 6) is 1.54. The highest BCUT2D eigenvalue weighted by atomic mass is 79.9. The lowest BCUT2D eigenvalue weighted by Crippen LogP contribution is -2.17. The molecular weight excluding hydrogens is 299 g/mol. The monoisotopic (exact) mass is 308 g/mol. The molecule has 2 rings (SSSR count). The Hall–Kier alpha value is 0.01000. The van der Waals surface area contributed by atoms with Crippen molar-refractivity contribution in [3.05, 3.63) is 21.8 Å². The topological polar surface area (TPSA) is 24.9 Å². The van der Waals surface area contributed by atoms with Gasteiger partial charge in [-0.3, -0.25) is 0 Å². The Kier molecular flexibility index (Phi) is 3.43. The first-order valence-electron chi connectivity index (χ1n) is 4.76. The lowest BCUT2D eigenvalue weighted by Gasteiger charge is -2.13. The van der Waals surface area contributed by atoms with Crippen LogP contribution >= 0.6 is 39.1 Å². The van der Waals surface area contributed by atoms with Crippen LogP contribution in [-0.4, -0.2) is 17.4 Å². The Bertz CT molecular complexity index is 366. The van der Waals surface area contributed by atoms with Gasteiger partial charge >= 0.3 is 0 Å². The quantitative estimate of drug-likeness (QED) is 0.852. The molecule has 0 atom stereocenters. The standard InChI is InChI=1S/C10H11BrCl2N2/c11-8-3-7(13)4-14-9(8)15-6-10(5-12)1-2-10/h3-4H,1-2,5-6H2,(H,14,15). The number of rotatable bonds is 4. The Morgan fingerprint density at radius 3 is 2.80 bits per heavy atom. The number of nitrogens with one attached hydrogen (secondary N) is 1. The van der Waals surface area contributed by atoms with Crippen molar-refractivity contribution in [3.63, 3.8) is 0 Å². The van der Waals surface area contributed by atoms with Crippen LogP contribution in [-0.2, 0) is 0 Å². The van der Waals surface area contributed by atoms with Crippen LogP contribution in [0.4, 0.5) is 5.82 Å². The zero-order chi connectivity index (χ0) is 10.9. The number of nitrogens with zero attached hydrogens (tertiary/aromatic N) is 1. The van der Waals surface area contributed by atoms with Gasteiger partial charge in [0.25, 0.3) is 0 Å². The number of pyridine rings is 1. The Labute approximate surface area is 107 Å². The predicted octanol–water partition coefficient (Wildman–Crippen LogP) is 3.93. The molecule has 0 aromatic carbocycles. The average Bonchev–Trinajstić information content (AvgIpc) is 2.97. The second-order valence-electron chi connectivity index (χ2n) is 3.97. The van der Waals surface area contributed by atoms with Crippen LogP contribution in [0.3, 0.4) is 0 Å². The van der Waals surface area contributed by atoms with Crippen molar-refractivity contribution in [2.75, 3.05) is 17.7 Å². The van der Waals surface area contributed by atoms with Crippen molar-refractivity contribution >= 4 is 44.9 Å². The van der Waals surface area contributed by atoms with E-state index < -0.39 is 0 Å². The van der Waals surface area contributed by atoms with Gasteiger partial charge in [0.05, 0.1) is 9.50 Å². The number of alkyl halides is 1. The molecule has 1 aromatic rings. The molecule has 1 aliphatic carbocycles. The van der Waals surface area contributed by atoms with Gasteiger partial charge in [-0.2, -0.15) is 0 Å². The van der Waals surface area contributed by atoms with E-state index in [-0.39, 0.29) is 0 Å². The van der Waals surface area contributed by atoms with E-state index >= 15 is 0 Å². The highest BCUT2D eigenvalue weighted by molar-refractivity contribution is 9.10. The molecule has 5 heteroatoms. The molecule has 1 saturated carbocycles. The minimum absolute atomic E-state index is 0.294. The minimum atomic E-state index is 0.294. The molecule has 1 aliphatic rings. The maximum atomic E-state index is 5.89. The fraction of sp³-hybridized carbons (Fsp3) is 0.500. The van der Waals surface area contributed by atoms with Gasteiger partial charge in [-0.15, -0.1) is 11.6 Å². The largest absolute Gasteiger partial charge is 0.369 e. The van der Waals surface area contributed by atoms with E-state index in [1.54, 1.807) is 6.20 Å². The Morgan fingerprint density at radius 1 is 1.53 bits per heavy atom. The van der Waals surface area contributed by atoms with Crippen molar-refractivity contribution in [1.29, 1.82) is 0 Å². The molecule has 82 valence electrons. The molecule has 0 spiro atoms. The first kappa shape index (κ1) is 11.5. The van der Waals surface area contributed by atoms with E-state index in [1.165, 1.54) is 12.8 Å². The fourth-order valence-electron chi connectivity index (χ4n) is 1.35. The lowest BCUT2D eigenvalue weighted by molar-refractivity contribution is 0.617. The zero-order valence-corrected chi connectivity index (χ0v) is 11.2. The average molecular weight is 310 g/mol. The first-order valence-corrected chi connectivity index (χ1v) is 6.47. The summed E-state index contributed by atoms with van der Waals surface area (Å²) < 4.78 is 0.889. The van der Waals surface area contributed by atoms with Crippen molar-refractivity contribution in [2.24, 2.45) is 5.41 Å². The number of anilines is 1. The summed E-state index contributed by atoms with van der Waals surface area (Å²) in [6.07, 6.45) is 4.04. The second-order valence-corrected chi connectivity index (χ2v) is 5.53. The smallest absolute Gasteiger partial charge is 0.140 e. The Morgan fingerprint density at radius 2 is 2.27 bits per heavy atom. The van der Waals surface area contributed by atoms with Crippen LogP contribution in [0.2, 0.25) is 5.02 Å². The lowest BCUT2D eigenvalue weighted by atomic mass is 10.1. The van der Waals surface area contributed by atoms with Gasteiger partial charge in [-0.05, 0) is 34.8 Å². The number of aromatic nitrogens is 1. The van der Waals surface area contributed by atoms with Crippen molar-refractivity contribution in [1.82, 2.24) is 4.98 Å². The number of hydrogen-bond acceptors (Lipinski definition) is 2. The van der Waals surface area contributed by atoms with E-state index in [4.69, 9.17) is 23.2 Å². The molecule has 0 amide bonds. The van der Waals surface area contributed by atoms with Crippen LogP contribution < -0.4 is 5.32 Å². The Balaban J connectivity index is 1.99. The second kappa shape index (κ2) is 4.48. The number of hydrogen-bond donors (Lipinski definition) is 1. The SMILES string of the molecule is ClCC1(CNc2ncc(Cl)cc2Br)CC1. The molecule has 0 unspecified atom stereocenters. The van der Waals surface area contributed by atoms with Crippen LogP contribution in [0, 0.1) is 5.41 Å². The molecule has 2 nitrogen and oxygen atoms in total. The van der Waals surface area contributed by atoms with Gasteiger partial charge in [0, 0.05) is 24.0 Å². The molecule has 0 saturated heterocycles. The van der Waals surface area contributed by atoms with Gasteiger partial charge in [0.15, 0.2) is 0 Å². The summed E-state index contributed by atoms with van der Waals surface area (Å²) in [7, 11) is 0.